The van der Waals surface area contributed by atoms with Gasteiger partial charge in [-0.2, -0.15) is 5.10 Å². The van der Waals surface area contributed by atoms with Crippen LogP contribution in [0.3, 0.4) is 0 Å². The highest BCUT2D eigenvalue weighted by Gasteiger charge is 2.19. The van der Waals surface area contributed by atoms with Crippen molar-refractivity contribution in [2.24, 2.45) is 0 Å². The number of aromatic nitrogens is 2. The van der Waals surface area contributed by atoms with Crippen LogP contribution in [0.5, 0.6) is 0 Å². The van der Waals surface area contributed by atoms with Gasteiger partial charge in [0.05, 0.1) is 12.2 Å². The number of piperidine rings is 1. The van der Waals surface area contributed by atoms with Crippen molar-refractivity contribution in [2.75, 3.05) is 13.1 Å². The van der Waals surface area contributed by atoms with E-state index in [-0.39, 0.29) is 0 Å². The molecule has 19 heavy (non-hydrogen) atoms. The summed E-state index contributed by atoms with van der Waals surface area (Å²) in [6.45, 7) is 6.49. The molecular formula is C16H21N3. The highest BCUT2D eigenvalue weighted by atomic mass is 15.3. The zero-order chi connectivity index (χ0) is 13.2. The van der Waals surface area contributed by atoms with E-state index in [2.05, 4.69) is 53.2 Å². The van der Waals surface area contributed by atoms with E-state index in [4.69, 9.17) is 0 Å². The van der Waals surface area contributed by atoms with E-state index in [9.17, 15) is 0 Å². The van der Waals surface area contributed by atoms with E-state index in [1.807, 2.05) is 6.20 Å². The van der Waals surface area contributed by atoms with Crippen molar-refractivity contribution < 1.29 is 0 Å². The second kappa shape index (κ2) is 5.17. The number of nitrogens with one attached hydrogen (secondary N) is 1. The van der Waals surface area contributed by atoms with Gasteiger partial charge in [0, 0.05) is 17.8 Å². The Morgan fingerprint density at radius 1 is 1.32 bits per heavy atom. The summed E-state index contributed by atoms with van der Waals surface area (Å²) in [5, 5.41) is 8.08. The minimum absolute atomic E-state index is 0.507. The summed E-state index contributed by atoms with van der Waals surface area (Å²) < 4.78 is 2.20. The van der Waals surface area contributed by atoms with Gasteiger partial charge in [-0.3, -0.25) is 4.68 Å². The zero-order valence-electron chi connectivity index (χ0n) is 11.7. The van der Waals surface area contributed by atoms with Crippen molar-refractivity contribution >= 4 is 0 Å². The fourth-order valence-corrected chi connectivity index (χ4v) is 2.93. The molecule has 1 saturated heterocycles. The van der Waals surface area contributed by atoms with Gasteiger partial charge < -0.3 is 5.32 Å². The summed E-state index contributed by atoms with van der Waals surface area (Å²) in [5.74, 6) is 0. The van der Waals surface area contributed by atoms with Gasteiger partial charge in [0.15, 0.2) is 0 Å². The van der Waals surface area contributed by atoms with Crippen LogP contribution >= 0.6 is 0 Å². The lowest BCUT2D eigenvalue weighted by Crippen LogP contribution is -2.32. The van der Waals surface area contributed by atoms with E-state index < -0.39 is 0 Å². The summed E-state index contributed by atoms with van der Waals surface area (Å²) in [7, 11) is 0. The largest absolute Gasteiger partial charge is 0.315 e. The molecule has 1 aromatic carbocycles. The Morgan fingerprint density at radius 2 is 2.21 bits per heavy atom. The second-order valence-electron chi connectivity index (χ2n) is 5.46. The summed E-state index contributed by atoms with van der Waals surface area (Å²) in [6, 6.07) is 9.15. The molecule has 0 radical (unpaired) electrons. The van der Waals surface area contributed by atoms with Crippen molar-refractivity contribution in [1.29, 1.82) is 0 Å². The average Bonchev–Trinajstić information content (AvgIpc) is 2.81. The van der Waals surface area contributed by atoms with Crippen LogP contribution in [-0.4, -0.2) is 22.9 Å². The molecule has 1 N–H and O–H groups in total. The minimum Gasteiger partial charge on any atom is -0.315 e. The molecule has 1 unspecified atom stereocenters. The van der Waals surface area contributed by atoms with E-state index in [1.54, 1.807) is 0 Å². The minimum atomic E-state index is 0.507. The molecule has 3 rings (SSSR count). The van der Waals surface area contributed by atoms with Crippen LogP contribution in [0.25, 0.3) is 11.1 Å². The van der Waals surface area contributed by atoms with Gasteiger partial charge in [-0.15, -0.1) is 0 Å². The van der Waals surface area contributed by atoms with E-state index in [1.165, 1.54) is 35.2 Å². The number of rotatable bonds is 2. The highest BCUT2D eigenvalue weighted by Crippen LogP contribution is 2.27. The molecule has 0 aliphatic carbocycles. The Morgan fingerprint density at radius 3 is 2.95 bits per heavy atom. The Hall–Kier alpha value is -1.61. The maximum atomic E-state index is 4.62. The Balaban J connectivity index is 1.94. The lowest BCUT2D eigenvalue weighted by molar-refractivity contribution is 0.342. The molecule has 3 nitrogen and oxygen atoms in total. The predicted molar refractivity (Wildman–Crippen MR) is 78.3 cm³/mol. The van der Waals surface area contributed by atoms with Crippen LogP contribution in [0, 0.1) is 13.8 Å². The normalized spacial score (nSPS) is 19.6. The lowest BCUT2D eigenvalue weighted by atomic mass is 10.0. The predicted octanol–water partition coefficient (Wildman–Crippen LogP) is 3.09. The van der Waals surface area contributed by atoms with Crippen LogP contribution < -0.4 is 5.32 Å². The SMILES string of the molecule is Cc1cccc(-c2cnn(C3CCCNC3)c2C)c1. The van der Waals surface area contributed by atoms with Gasteiger partial charge in [0.1, 0.15) is 0 Å². The van der Waals surface area contributed by atoms with Gasteiger partial charge in [-0.1, -0.05) is 29.8 Å². The maximum Gasteiger partial charge on any atom is 0.0647 e. The average molecular weight is 255 g/mol. The van der Waals surface area contributed by atoms with Crippen molar-refractivity contribution in [3.05, 3.63) is 41.7 Å². The van der Waals surface area contributed by atoms with E-state index in [0.29, 0.717) is 6.04 Å². The Bertz CT molecular complexity index is 565. The van der Waals surface area contributed by atoms with E-state index in [0.717, 1.165) is 13.1 Å². The van der Waals surface area contributed by atoms with E-state index >= 15 is 0 Å². The fraction of sp³-hybridized carbons (Fsp3) is 0.438. The molecule has 1 aromatic heterocycles. The molecule has 2 aromatic rings. The third-order valence-corrected chi connectivity index (χ3v) is 3.99. The third-order valence-electron chi connectivity index (χ3n) is 3.99. The van der Waals surface area contributed by atoms with Gasteiger partial charge in [0.2, 0.25) is 0 Å². The van der Waals surface area contributed by atoms with Gasteiger partial charge in [0.25, 0.3) is 0 Å². The molecule has 2 heterocycles. The molecule has 1 aliphatic rings. The van der Waals surface area contributed by atoms with Crippen molar-refractivity contribution in [3.8, 4) is 11.1 Å². The monoisotopic (exact) mass is 255 g/mol. The first-order valence-electron chi connectivity index (χ1n) is 7.07. The van der Waals surface area contributed by atoms with Crippen LogP contribution in [-0.2, 0) is 0 Å². The number of aryl methyl sites for hydroxylation is 1. The zero-order valence-corrected chi connectivity index (χ0v) is 11.7. The second-order valence-corrected chi connectivity index (χ2v) is 5.46. The third kappa shape index (κ3) is 2.43. The molecule has 1 fully saturated rings. The lowest BCUT2D eigenvalue weighted by Gasteiger charge is -2.24. The number of hydrogen-bond acceptors (Lipinski definition) is 2. The topological polar surface area (TPSA) is 29.9 Å². The molecular weight excluding hydrogens is 234 g/mol. The molecule has 0 bridgehead atoms. The maximum absolute atomic E-state index is 4.62. The molecule has 0 saturated carbocycles. The van der Waals surface area contributed by atoms with Crippen LogP contribution in [0.1, 0.15) is 30.1 Å². The molecule has 1 aliphatic heterocycles. The Kier molecular flexibility index (Phi) is 3.38. The summed E-state index contributed by atoms with van der Waals surface area (Å²) in [5.41, 5.74) is 5.10. The van der Waals surface area contributed by atoms with Crippen LogP contribution in [0.4, 0.5) is 0 Å². The van der Waals surface area contributed by atoms with Gasteiger partial charge in [-0.25, -0.2) is 0 Å². The van der Waals surface area contributed by atoms with Crippen molar-refractivity contribution in [2.45, 2.75) is 32.7 Å². The number of benzene rings is 1. The standard InChI is InChI=1S/C16H21N3/c1-12-5-3-6-14(9-12)16-11-18-19(13(16)2)15-7-4-8-17-10-15/h3,5-6,9,11,15,17H,4,7-8,10H2,1-2H3. The summed E-state index contributed by atoms with van der Waals surface area (Å²) >= 11 is 0. The van der Waals surface area contributed by atoms with Crippen LogP contribution in [0.15, 0.2) is 30.5 Å². The first-order chi connectivity index (χ1) is 9.25. The smallest absolute Gasteiger partial charge is 0.0647 e. The molecule has 100 valence electrons. The molecule has 0 spiro atoms. The number of hydrogen-bond donors (Lipinski definition) is 1. The Labute approximate surface area is 114 Å². The fourth-order valence-electron chi connectivity index (χ4n) is 2.93. The van der Waals surface area contributed by atoms with Gasteiger partial charge in [-0.05, 0) is 38.8 Å². The first kappa shape index (κ1) is 12.4. The number of nitrogens with zero attached hydrogens (tertiary/aromatic N) is 2. The van der Waals surface area contributed by atoms with Crippen molar-refractivity contribution in [3.63, 3.8) is 0 Å². The molecule has 0 amide bonds. The van der Waals surface area contributed by atoms with Crippen molar-refractivity contribution in [1.82, 2.24) is 15.1 Å². The van der Waals surface area contributed by atoms with Gasteiger partial charge >= 0.3 is 0 Å². The first-order valence-corrected chi connectivity index (χ1v) is 7.07. The summed E-state index contributed by atoms with van der Waals surface area (Å²) in [6.07, 6.45) is 4.48. The highest BCUT2D eigenvalue weighted by molar-refractivity contribution is 5.65. The molecule has 1 atom stereocenters. The summed E-state index contributed by atoms with van der Waals surface area (Å²) in [4.78, 5) is 0. The van der Waals surface area contributed by atoms with Crippen LogP contribution in [0.2, 0.25) is 0 Å². The quantitative estimate of drug-likeness (QED) is 0.893. The molecule has 3 heteroatoms.